The molecule has 0 saturated carbocycles. The van der Waals surface area contributed by atoms with E-state index in [0.29, 0.717) is 5.76 Å². The Labute approximate surface area is 72.2 Å². The lowest BCUT2D eigenvalue weighted by Crippen LogP contribution is -2.16. The summed E-state index contributed by atoms with van der Waals surface area (Å²) in [5.41, 5.74) is 0. The number of hydrogen-bond acceptors (Lipinski definition) is 3. The zero-order valence-electron chi connectivity index (χ0n) is 7.37. The number of hydrogen-bond donors (Lipinski definition) is 0. The molecule has 1 aromatic rings. The van der Waals surface area contributed by atoms with Gasteiger partial charge in [0.15, 0.2) is 0 Å². The summed E-state index contributed by atoms with van der Waals surface area (Å²) < 4.78 is 5.20. The zero-order valence-corrected chi connectivity index (χ0v) is 7.37. The van der Waals surface area contributed by atoms with Gasteiger partial charge in [0.1, 0.15) is 11.8 Å². The molecule has 0 saturated heterocycles. The van der Waals surface area contributed by atoms with Crippen molar-refractivity contribution in [1.29, 1.82) is 5.26 Å². The van der Waals surface area contributed by atoms with E-state index in [1.54, 1.807) is 6.07 Å². The molecule has 0 N–H and O–H groups in total. The Balaban J connectivity index is 2.59. The van der Waals surface area contributed by atoms with Crippen molar-refractivity contribution in [3.63, 3.8) is 0 Å². The minimum Gasteiger partial charge on any atom is -0.449 e. The van der Waals surface area contributed by atoms with Crippen LogP contribution in [0, 0.1) is 11.3 Å². The van der Waals surface area contributed by atoms with Crippen molar-refractivity contribution in [2.45, 2.75) is 13.5 Å². The van der Waals surface area contributed by atoms with Gasteiger partial charge in [-0.2, -0.15) is 5.26 Å². The normalized spacial score (nSPS) is 10.2. The van der Waals surface area contributed by atoms with E-state index in [9.17, 15) is 0 Å². The molecule has 1 heterocycles. The first kappa shape index (κ1) is 8.82. The molecule has 64 valence electrons. The van der Waals surface area contributed by atoms with Crippen LogP contribution in [-0.4, -0.2) is 18.5 Å². The number of furan rings is 1. The van der Waals surface area contributed by atoms with Crippen molar-refractivity contribution in [1.82, 2.24) is 4.90 Å². The van der Waals surface area contributed by atoms with Crippen LogP contribution in [-0.2, 0) is 6.54 Å². The van der Waals surface area contributed by atoms with Crippen LogP contribution in [0.2, 0.25) is 0 Å². The molecule has 0 unspecified atom stereocenters. The molecule has 0 aromatic carbocycles. The summed E-state index contributed by atoms with van der Waals surface area (Å²) in [5.74, 6) is 1.23. The molecule has 0 amide bonds. The predicted octanol–water partition coefficient (Wildman–Crippen LogP) is 1.60. The van der Waals surface area contributed by atoms with Gasteiger partial charge in [-0.15, -0.1) is 0 Å². The maximum absolute atomic E-state index is 8.48. The average molecular weight is 164 g/mol. The second-order valence-electron chi connectivity index (χ2n) is 2.71. The molecule has 3 nitrogen and oxygen atoms in total. The van der Waals surface area contributed by atoms with Gasteiger partial charge in [0, 0.05) is 0 Å². The zero-order chi connectivity index (χ0) is 8.97. The van der Waals surface area contributed by atoms with E-state index in [0.717, 1.165) is 18.8 Å². The van der Waals surface area contributed by atoms with Gasteiger partial charge in [0.05, 0.1) is 6.54 Å². The maximum atomic E-state index is 8.48. The first-order chi connectivity index (χ1) is 5.76. The summed E-state index contributed by atoms with van der Waals surface area (Å²) >= 11 is 0. The minimum atomic E-state index is 0.384. The minimum absolute atomic E-state index is 0.384. The molecule has 1 aromatic heterocycles. The topological polar surface area (TPSA) is 40.2 Å². The van der Waals surface area contributed by atoms with Crippen molar-refractivity contribution in [2.24, 2.45) is 0 Å². The molecule has 1 rings (SSSR count). The van der Waals surface area contributed by atoms with Gasteiger partial charge in [0.2, 0.25) is 5.76 Å². The van der Waals surface area contributed by atoms with Crippen LogP contribution in [0.25, 0.3) is 0 Å². The maximum Gasteiger partial charge on any atom is 0.203 e. The van der Waals surface area contributed by atoms with Crippen LogP contribution < -0.4 is 0 Å². The predicted molar refractivity (Wildman–Crippen MR) is 45.4 cm³/mol. The van der Waals surface area contributed by atoms with Gasteiger partial charge in [-0.3, -0.25) is 4.90 Å². The van der Waals surface area contributed by atoms with Crippen molar-refractivity contribution in [2.75, 3.05) is 13.6 Å². The highest BCUT2D eigenvalue weighted by atomic mass is 16.3. The van der Waals surface area contributed by atoms with E-state index in [4.69, 9.17) is 9.68 Å². The Kier molecular flexibility index (Phi) is 2.89. The van der Waals surface area contributed by atoms with Gasteiger partial charge in [-0.05, 0) is 25.7 Å². The van der Waals surface area contributed by atoms with Gasteiger partial charge < -0.3 is 4.42 Å². The summed E-state index contributed by atoms with van der Waals surface area (Å²) in [6.07, 6.45) is 0. The number of nitrogens with zero attached hydrogens (tertiary/aromatic N) is 2. The quantitative estimate of drug-likeness (QED) is 0.681. The average Bonchev–Trinajstić information content (AvgIpc) is 2.52. The molecule has 0 bridgehead atoms. The lowest BCUT2D eigenvalue weighted by atomic mass is 10.4. The molecule has 12 heavy (non-hydrogen) atoms. The largest absolute Gasteiger partial charge is 0.449 e. The van der Waals surface area contributed by atoms with Gasteiger partial charge >= 0.3 is 0 Å². The Hall–Kier alpha value is -1.27. The van der Waals surface area contributed by atoms with Crippen molar-refractivity contribution in [3.8, 4) is 6.07 Å². The highest BCUT2D eigenvalue weighted by molar-refractivity contribution is 5.18. The Morgan fingerprint density at radius 2 is 2.33 bits per heavy atom. The van der Waals surface area contributed by atoms with Crippen LogP contribution in [0.1, 0.15) is 18.4 Å². The molecule has 0 fully saturated rings. The molecule has 0 aliphatic heterocycles. The molecule has 0 aliphatic rings. The fourth-order valence-corrected chi connectivity index (χ4v) is 0.901. The summed E-state index contributed by atoms with van der Waals surface area (Å²) in [7, 11) is 2.01. The molecular weight excluding hydrogens is 152 g/mol. The molecule has 0 aliphatic carbocycles. The smallest absolute Gasteiger partial charge is 0.203 e. The summed E-state index contributed by atoms with van der Waals surface area (Å²) in [6, 6.07) is 5.48. The molecule has 0 radical (unpaired) electrons. The van der Waals surface area contributed by atoms with E-state index in [1.165, 1.54) is 0 Å². The van der Waals surface area contributed by atoms with Crippen LogP contribution in [0.4, 0.5) is 0 Å². The fraction of sp³-hybridized carbons (Fsp3) is 0.444. The molecule has 0 spiro atoms. The van der Waals surface area contributed by atoms with E-state index in [2.05, 4.69) is 11.8 Å². The van der Waals surface area contributed by atoms with Gasteiger partial charge in [-0.25, -0.2) is 0 Å². The number of rotatable bonds is 3. The van der Waals surface area contributed by atoms with Crippen LogP contribution in [0.15, 0.2) is 16.5 Å². The van der Waals surface area contributed by atoms with Crippen LogP contribution >= 0.6 is 0 Å². The highest BCUT2D eigenvalue weighted by Gasteiger charge is 2.02. The summed E-state index contributed by atoms with van der Waals surface area (Å²) in [4.78, 5) is 2.11. The Morgan fingerprint density at radius 1 is 1.58 bits per heavy atom. The summed E-state index contributed by atoms with van der Waals surface area (Å²) in [5, 5.41) is 8.48. The monoisotopic (exact) mass is 164 g/mol. The van der Waals surface area contributed by atoms with Crippen LogP contribution in [0.5, 0.6) is 0 Å². The molecule has 3 heteroatoms. The third kappa shape index (κ3) is 2.11. The van der Waals surface area contributed by atoms with E-state index in [1.807, 2.05) is 19.2 Å². The number of nitriles is 1. The van der Waals surface area contributed by atoms with Gasteiger partial charge in [0.25, 0.3) is 0 Å². The lowest BCUT2D eigenvalue weighted by molar-refractivity contribution is 0.308. The lowest BCUT2D eigenvalue weighted by Gasteiger charge is -2.10. The molecule has 0 atom stereocenters. The van der Waals surface area contributed by atoms with Crippen molar-refractivity contribution in [3.05, 3.63) is 23.7 Å². The van der Waals surface area contributed by atoms with Crippen molar-refractivity contribution >= 4 is 0 Å². The Morgan fingerprint density at radius 3 is 2.83 bits per heavy atom. The second kappa shape index (κ2) is 3.93. The Bertz CT molecular complexity index is 285. The van der Waals surface area contributed by atoms with E-state index in [-0.39, 0.29) is 0 Å². The fourth-order valence-electron chi connectivity index (χ4n) is 0.901. The highest BCUT2D eigenvalue weighted by Crippen LogP contribution is 2.08. The van der Waals surface area contributed by atoms with E-state index >= 15 is 0 Å². The SMILES string of the molecule is CCN(C)Cc1ccc(C#N)o1. The molecular formula is C9H12N2O. The van der Waals surface area contributed by atoms with Crippen molar-refractivity contribution < 1.29 is 4.42 Å². The van der Waals surface area contributed by atoms with Crippen LogP contribution in [0.3, 0.4) is 0 Å². The summed E-state index contributed by atoms with van der Waals surface area (Å²) in [6.45, 7) is 3.81. The second-order valence-corrected chi connectivity index (χ2v) is 2.71. The third-order valence-electron chi connectivity index (χ3n) is 1.74. The first-order valence-corrected chi connectivity index (χ1v) is 3.93. The first-order valence-electron chi connectivity index (χ1n) is 3.93. The van der Waals surface area contributed by atoms with E-state index < -0.39 is 0 Å². The third-order valence-corrected chi connectivity index (χ3v) is 1.74. The standard InChI is InChI=1S/C9H12N2O/c1-3-11(2)7-9-5-4-8(6-10)12-9/h4-5H,3,7H2,1-2H3. The van der Waals surface area contributed by atoms with Gasteiger partial charge in [-0.1, -0.05) is 6.92 Å².